The summed E-state index contributed by atoms with van der Waals surface area (Å²) in [6, 6.07) is 12.2. The van der Waals surface area contributed by atoms with Crippen LogP contribution < -0.4 is 0 Å². The van der Waals surface area contributed by atoms with E-state index in [1.54, 1.807) is 24.3 Å². The van der Waals surface area contributed by atoms with Gasteiger partial charge in [0.15, 0.2) is 11.6 Å². The first kappa shape index (κ1) is 13.2. The number of hydrogen-bond acceptors (Lipinski definition) is 2. The molecule has 19 heavy (non-hydrogen) atoms. The minimum atomic E-state index is -0.941. The predicted octanol–water partition coefficient (Wildman–Crippen LogP) is 3.11. The molecular weight excluding hydrogens is 248 g/mol. The van der Waals surface area contributed by atoms with Gasteiger partial charge >= 0.3 is 0 Å². The van der Waals surface area contributed by atoms with E-state index in [1.807, 2.05) is 6.07 Å². The van der Waals surface area contributed by atoms with E-state index in [-0.39, 0.29) is 12.0 Å². The normalized spacial score (nSPS) is 11.9. The van der Waals surface area contributed by atoms with Gasteiger partial charge in [0.2, 0.25) is 0 Å². The van der Waals surface area contributed by atoms with Crippen LogP contribution >= 0.6 is 0 Å². The highest BCUT2D eigenvalue weighted by atomic mass is 19.2. The highest BCUT2D eigenvalue weighted by molar-refractivity contribution is 5.33. The molecule has 0 aromatic heterocycles. The summed E-state index contributed by atoms with van der Waals surface area (Å²) < 4.78 is 26.5. The highest BCUT2D eigenvalue weighted by Gasteiger charge is 2.13. The molecule has 0 saturated carbocycles. The number of nitrogens with zero attached hydrogens (tertiary/aromatic N) is 1. The molecule has 0 aliphatic carbocycles. The third-order valence-electron chi connectivity index (χ3n) is 2.87. The number of rotatable bonds is 3. The van der Waals surface area contributed by atoms with Crippen molar-refractivity contribution in [3.05, 3.63) is 70.8 Å². The molecule has 4 heteroatoms. The van der Waals surface area contributed by atoms with Crippen LogP contribution in [0, 0.1) is 23.0 Å². The molecule has 1 atom stereocenters. The van der Waals surface area contributed by atoms with E-state index in [0.717, 1.165) is 6.07 Å². The van der Waals surface area contributed by atoms with Crippen LogP contribution in [0.2, 0.25) is 0 Å². The number of hydrogen-bond donors (Lipinski definition) is 1. The van der Waals surface area contributed by atoms with Crippen LogP contribution in [0.1, 0.15) is 22.8 Å². The molecule has 2 rings (SSSR count). The van der Waals surface area contributed by atoms with Crippen LogP contribution in [0.3, 0.4) is 0 Å². The largest absolute Gasteiger partial charge is 0.388 e. The van der Waals surface area contributed by atoms with Crippen LogP contribution in [-0.4, -0.2) is 5.11 Å². The van der Waals surface area contributed by atoms with Crippen molar-refractivity contribution in [2.24, 2.45) is 0 Å². The van der Waals surface area contributed by atoms with E-state index < -0.39 is 17.7 Å². The second-order valence-electron chi connectivity index (χ2n) is 4.17. The van der Waals surface area contributed by atoms with Gasteiger partial charge in [0.1, 0.15) is 0 Å². The minimum absolute atomic E-state index is 0.0184. The Hall–Kier alpha value is -2.25. The van der Waals surface area contributed by atoms with Gasteiger partial charge in [-0.05, 0) is 29.3 Å². The van der Waals surface area contributed by atoms with E-state index >= 15 is 0 Å². The summed E-state index contributed by atoms with van der Waals surface area (Å²) >= 11 is 0. The number of aliphatic hydroxyl groups is 1. The Bertz CT molecular complexity index is 617. The SMILES string of the molecule is N#Cc1ccc(C(O)Cc2cccc(F)c2F)cc1. The average Bonchev–Trinajstić information content (AvgIpc) is 2.44. The number of nitriles is 1. The second-order valence-corrected chi connectivity index (χ2v) is 4.17. The van der Waals surface area contributed by atoms with E-state index in [0.29, 0.717) is 11.1 Å². The maximum Gasteiger partial charge on any atom is 0.162 e. The molecule has 0 saturated heterocycles. The molecule has 2 aromatic carbocycles. The molecular formula is C15H11F2NO. The van der Waals surface area contributed by atoms with Gasteiger partial charge in [0.05, 0.1) is 17.7 Å². The summed E-state index contributed by atoms with van der Waals surface area (Å²) in [6.07, 6.45) is -0.959. The zero-order chi connectivity index (χ0) is 13.8. The molecule has 0 bridgehead atoms. The van der Waals surface area contributed by atoms with Gasteiger partial charge in [0, 0.05) is 6.42 Å². The maximum absolute atomic E-state index is 13.5. The lowest BCUT2D eigenvalue weighted by atomic mass is 10.00. The molecule has 96 valence electrons. The topological polar surface area (TPSA) is 44.0 Å². The summed E-state index contributed by atoms with van der Waals surface area (Å²) in [6.45, 7) is 0. The summed E-state index contributed by atoms with van der Waals surface area (Å²) in [5.41, 5.74) is 1.16. The number of halogens is 2. The molecule has 0 heterocycles. The molecule has 0 amide bonds. The van der Waals surface area contributed by atoms with Crippen LogP contribution in [-0.2, 0) is 6.42 Å². The number of aliphatic hydroxyl groups excluding tert-OH is 1. The zero-order valence-corrected chi connectivity index (χ0v) is 9.98. The third-order valence-corrected chi connectivity index (χ3v) is 2.87. The van der Waals surface area contributed by atoms with Crippen molar-refractivity contribution in [1.82, 2.24) is 0 Å². The van der Waals surface area contributed by atoms with Gasteiger partial charge in [0.25, 0.3) is 0 Å². The van der Waals surface area contributed by atoms with Crippen molar-refractivity contribution in [2.75, 3.05) is 0 Å². The van der Waals surface area contributed by atoms with Gasteiger partial charge in [-0.3, -0.25) is 0 Å². The van der Waals surface area contributed by atoms with Gasteiger partial charge in [-0.25, -0.2) is 8.78 Å². The lowest BCUT2D eigenvalue weighted by molar-refractivity contribution is 0.177. The fourth-order valence-electron chi connectivity index (χ4n) is 1.81. The highest BCUT2D eigenvalue weighted by Crippen LogP contribution is 2.21. The average molecular weight is 259 g/mol. The summed E-state index contributed by atoms with van der Waals surface area (Å²) in [4.78, 5) is 0. The lowest BCUT2D eigenvalue weighted by Crippen LogP contribution is -2.04. The molecule has 2 nitrogen and oxygen atoms in total. The standard InChI is InChI=1S/C15H11F2NO/c16-13-3-1-2-12(15(13)17)8-14(19)11-6-4-10(9-18)5-7-11/h1-7,14,19H,8H2. The predicted molar refractivity (Wildman–Crippen MR) is 66.2 cm³/mol. The molecule has 1 N–H and O–H groups in total. The minimum Gasteiger partial charge on any atom is -0.388 e. The van der Waals surface area contributed by atoms with Gasteiger partial charge in [-0.1, -0.05) is 24.3 Å². The van der Waals surface area contributed by atoms with Crippen molar-refractivity contribution in [3.8, 4) is 6.07 Å². The summed E-state index contributed by atoms with van der Waals surface area (Å²) in [5, 5.41) is 18.6. The van der Waals surface area contributed by atoms with Crippen molar-refractivity contribution in [3.63, 3.8) is 0 Å². The Morgan fingerprint density at radius 2 is 1.79 bits per heavy atom. The van der Waals surface area contributed by atoms with Crippen LogP contribution in [0.15, 0.2) is 42.5 Å². The Morgan fingerprint density at radius 3 is 2.42 bits per heavy atom. The fourth-order valence-corrected chi connectivity index (χ4v) is 1.81. The molecule has 0 aliphatic rings. The smallest absolute Gasteiger partial charge is 0.162 e. The van der Waals surface area contributed by atoms with E-state index in [2.05, 4.69) is 0 Å². The van der Waals surface area contributed by atoms with Crippen LogP contribution in [0.25, 0.3) is 0 Å². The van der Waals surface area contributed by atoms with Gasteiger partial charge < -0.3 is 5.11 Å². The first-order chi connectivity index (χ1) is 9.11. The van der Waals surface area contributed by atoms with Gasteiger partial charge in [-0.15, -0.1) is 0 Å². The number of benzene rings is 2. The molecule has 0 radical (unpaired) electrons. The zero-order valence-electron chi connectivity index (χ0n) is 9.98. The Morgan fingerprint density at radius 1 is 1.11 bits per heavy atom. The Kier molecular flexibility index (Phi) is 3.88. The van der Waals surface area contributed by atoms with Crippen LogP contribution in [0.5, 0.6) is 0 Å². The monoisotopic (exact) mass is 259 g/mol. The summed E-state index contributed by atoms with van der Waals surface area (Å²) in [5.74, 6) is -1.86. The molecule has 1 unspecified atom stereocenters. The maximum atomic E-state index is 13.5. The van der Waals surface area contributed by atoms with Gasteiger partial charge in [-0.2, -0.15) is 5.26 Å². The fraction of sp³-hybridized carbons (Fsp3) is 0.133. The molecule has 2 aromatic rings. The van der Waals surface area contributed by atoms with Crippen molar-refractivity contribution < 1.29 is 13.9 Å². The Balaban J connectivity index is 2.18. The molecule has 0 aliphatic heterocycles. The summed E-state index contributed by atoms with van der Waals surface area (Å²) in [7, 11) is 0. The Labute approximate surface area is 109 Å². The van der Waals surface area contributed by atoms with E-state index in [9.17, 15) is 13.9 Å². The molecule has 0 spiro atoms. The lowest BCUT2D eigenvalue weighted by Gasteiger charge is -2.12. The first-order valence-corrected chi connectivity index (χ1v) is 5.73. The van der Waals surface area contributed by atoms with Crippen molar-refractivity contribution >= 4 is 0 Å². The van der Waals surface area contributed by atoms with Crippen LogP contribution in [0.4, 0.5) is 8.78 Å². The van der Waals surface area contributed by atoms with E-state index in [1.165, 1.54) is 12.1 Å². The van der Waals surface area contributed by atoms with E-state index in [4.69, 9.17) is 5.26 Å². The quantitative estimate of drug-likeness (QED) is 0.920. The second kappa shape index (κ2) is 5.59. The van der Waals surface area contributed by atoms with Crippen molar-refractivity contribution in [1.29, 1.82) is 5.26 Å². The van der Waals surface area contributed by atoms with Crippen molar-refractivity contribution in [2.45, 2.75) is 12.5 Å². The molecule has 0 fully saturated rings. The first-order valence-electron chi connectivity index (χ1n) is 5.73. The third kappa shape index (κ3) is 2.95.